The molecular formula is C16H22N2O2. The van der Waals surface area contributed by atoms with Crippen molar-refractivity contribution in [3.8, 4) is 0 Å². The van der Waals surface area contributed by atoms with E-state index < -0.39 is 0 Å². The van der Waals surface area contributed by atoms with E-state index in [-0.39, 0.29) is 24.2 Å². The Labute approximate surface area is 120 Å². The molecule has 1 atom stereocenters. The Morgan fingerprint density at radius 2 is 2.10 bits per heavy atom. The number of benzene rings is 1. The zero-order valence-electron chi connectivity index (χ0n) is 12.3. The molecule has 1 N–H and O–H groups in total. The van der Waals surface area contributed by atoms with Crippen LogP contribution in [0.25, 0.3) is 0 Å². The highest BCUT2D eigenvalue weighted by atomic mass is 16.2. The molecule has 4 nitrogen and oxygen atoms in total. The molecule has 108 valence electrons. The molecule has 1 aliphatic rings. The van der Waals surface area contributed by atoms with Crippen molar-refractivity contribution in [2.75, 3.05) is 18.5 Å². The number of hydrogen-bond acceptors (Lipinski definition) is 2. The van der Waals surface area contributed by atoms with Gasteiger partial charge in [-0.1, -0.05) is 32.0 Å². The average molecular weight is 274 g/mol. The van der Waals surface area contributed by atoms with Gasteiger partial charge in [-0.3, -0.25) is 9.59 Å². The molecule has 1 aliphatic heterocycles. The SMILES string of the molecule is CC(C)CCNC(=O)C1CC(=O)N(C)c2ccccc21. The number of para-hydroxylation sites is 1. The minimum Gasteiger partial charge on any atom is -0.356 e. The van der Waals surface area contributed by atoms with Gasteiger partial charge in [0.25, 0.3) is 0 Å². The zero-order valence-corrected chi connectivity index (χ0v) is 12.3. The molecule has 1 aromatic rings. The number of rotatable bonds is 4. The molecule has 0 fully saturated rings. The summed E-state index contributed by atoms with van der Waals surface area (Å²) in [6.07, 6.45) is 1.20. The van der Waals surface area contributed by atoms with E-state index in [0.29, 0.717) is 12.5 Å². The number of anilines is 1. The maximum absolute atomic E-state index is 12.3. The first-order valence-corrected chi connectivity index (χ1v) is 7.14. The van der Waals surface area contributed by atoms with Gasteiger partial charge in [-0.2, -0.15) is 0 Å². The fourth-order valence-corrected chi connectivity index (χ4v) is 2.48. The van der Waals surface area contributed by atoms with Crippen molar-refractivity contribution in [2.24, 2.45) is 5.92 Å². The number of fused-ring (bicyclic) bond motifs is 1. The third kappa shape index (κ3) is 3.00. The van der Waals surface area contributed by atoms with Crippen LogP contribution in [0.5, 0.6) is 0 Å². The Hall–Kier alpha value is -1.84. The molecule has 0 aliphatic carbocycles. The van der Waals surface area contributed by atoms with E-state index in [1.165, 1.54) is 0 Å². The van der Waals surface area contributed by atoms with Crippen LogP contribution in [0, 0.1) is 5.92 Å². The summed E-state index contributed by atoms with van der Waals surface area (Å²) in [5.41, 5.74) is 1.78. The summed E-state index contributed by atoms with van der Waals surface area (Å²) >= 11 is 0. The molecule has 1 aromatic carbocycles. The minimum atomic E-state index is -0.359. The van der Waals surface area contributed by atoms with Gasteiger partial charge < -0.3 is 10.2 Å². The molecule has 2 rings (SSSR count). The fraction of sp³-hybridized carbons (Fsp3) is 0.500. The predicted octanol–water partition coefficient (Wildman–Crippen LogP) is 2.30. The molecule has 0 aromatic heterocycles. The second-order valence-corrected chi connectivity index (χ2v) is 5.74. The van der Waals surface area contributed by atoms with Gasteiger partial charge in [-0.05, 0) is 24.0 Å². The highest BCUT2D eigenvalue weighted by Gasteiger charge is 2.33. The van der Waals surface area contributed by atoms with Gasteiger partial charge in [0.15, 0.2) is 0 Å². The lowest BCUT2D eigenvalue weighted by molar-refractivity contribution is -0.127. The first-order chi connectivity index (χ1) is 9.50. The van der Waals surface area contributed by atoms with Crippen molar-refractivity contribution in [3.63, 3.8) is 0 Å². The molecule has 1 heterocycles. The van der Waals surface area contributed by atoms with Crippen LogP contribution in [0.3, 0.4) is 0 Å². The first kappa shape index (κ1) is 14.6. The van der Waals surface area contributed by atoms with Crippen molar-refractivity contribution in [2.45, 2.75) is 32.6 Å². The van der Waals surface area contributed by atoms with Gasteiger partial charge >= 0.3 is 0 Å². The molecule has 0 saturated heterocycles. The second kappa shape index (κ2) is 6.07. The normalized spacial score (nSPS) is 18.1. The molecule has 20 heavy (non-hydrogen) atoms. The minimum absolute atomic E-state index is 0.00675. The Balaban J connectivity index is 2.14. The van der Waals surface area contributed by atoms with Gasteiger partial charge in [0.05, 0.1) is 5.92 Å². The van der Waals surface area contributed by atoms with Crippen molar-refractivity contribution >= 4 is 17.5 Å². The standard InChI is InChI=1S/C16H22N2O2/c1-11(2)8-9-17-16(20)13-10-15(19)18(3)14-7-5-4-6-12(13)14/h4-7,11,13H,8-10H2,1-3H3,(H,17,20). The largest absolute Gasteiger partial charge is 0.356 e. The third-order valence-electron chi connectivity index (χ3n) is 3.76. The van der Waals surface area contributed by atoms with E-state index >= 15 is 0 Å². The lowest BCUT2D eigenvalue weighted by Gasteiger charge is -2.30. The summed E-state index contributed by atoms with van der Waals surface area (Å²) in [5.74, 6) is 0.149. The van der Waals surface area contributed by atoms with E-state index in [1.54, 1.807) is 11.9 Å². The topological polar surface area (TPSA) is 49.4 Å². The molecule has 1 unspecified atom stereocenters. The van der Waals surface area contributed by atoms with E-state index in [4.69, 9.17) is 0 Å². The lowest BCUT2D eigenvalue weighted by atomic mass is 9.89. The Morgan fingerprint density at radius 1 is 1.40 bits per heavy atom. The number of nitrogens with one attached hydrogen (secondary N) is 1. The van der Waals surface area contributed by atoms with Gasteiger partial charge in [0.2, 0.25) is 11.8 Å². The maximum Gasteiger partial charge on any atom is 0.228 e. The number of carbonyl (C=O) groups is 2. The van der Waals surface area contributed by atoms with Crippen LogP contribution in [0.4, 0.5) is 5.69 Å². The summed E-state index contributed by atoms with van der Waals surface area (Å²) in [5, 5.41) is 2.95. The highest BCUT2D eigenvalue weighted by Crippen LogP contribution is 2.34. The van der Waals surface area contributed by atoms with Gasteiger partial charge in [-0.25, -0.2) is 0 Å². The van der Waals surface area contributed by atoms with Gasteiger partial charge in [0.1, 0.15) is 0 Å². The molecule has 2 amide bonds. The van der Waals surface area contributed by atoms with E-state index in [9.17, 15) is 9.59 Å². The van der Waals surface area contributed by atoms with E-state index in [2.05, 4.69) is 19.2 Å². The van der Waals surface area contributed by atoms with E-state index in [1.807, 2.05) is 24.3 Å². The zero-order chi connectivity index (χ0) is 14.7. The highest BCUT2D eigenvalue weighted by molar-refractivity contribution is 6.02. The molecule has 0 saturated carbocycles. The Bertz CT molecular complexity index is 511. The Kier molecular flexibility index (Phi) is 4.42. The van der Waals surface area contributed by atoms with Crippen LogP contribution in [0.1, 0.15) is 38.2 Å². The summed E-state index contributed by atoms with van der Waals surface area (Å²) in [6.45, 7) is 4.92. The van der Waals surface area contributed by atoms with Crippen molar-refractivity contribution in [1.82, 2.24) is 5.32 Å². The van der Waals surface area contributed by atoms with Crippen LogP contribution in [0.2, 0.25) is 0 Å². The van der Waals surface area contributed by atoms with Crippen LogP contribution in [0.15, 0.2) is 24.3 Å². The summed E-state index contributed by atoms with van der Waals surface area (Å²) in [6, 6.07) is 7.63. The molecule has 4 heteroatoms. The van der Waals surface area contributed by atoms with Crippen molar-refractivity contribution < 1.29 is 9.59 Å². The number of amides is 2. The molecule has 0 radical (unpaired) electrons. The second-order valence-electron chi connectivity index (χ2n) is 5.74. The Morgan fingerprint density at radius 3 is 2.80 bits per heavy atom. The number of nitrogens with zero attached hydrogens (tertiary/aromatic N) is 1. The smallest absolute Gasteiger partial charge is 0.228 e. The quantitative estimate of drug-likeness (QED) is 0.916. The van der Waals surface area contributed by atoms with Crippen molar-refractivity contribution in [3.05, 3.63) is 29.8 Å². The van der Waals surface area contributed by atoms with Crippen LogP contribution in [-0.4, -0.2) is 25.4 Å². The number of hydrogen-bond donors (Lipinski definition) is 1. The van der Waals surface area contributed by atoms with Crippen LogP contribution < -0.4 is 10.2 Å². The molecule has 0 bridgehead atoms. The van der Waals surface area contributed by atoms with Crippen LogP contribution in [-0.2, 0) is 9.59 Å². The summed E-state index contributed by atoms with van der Waals surface area (Å²) in [4.78, 5) is 25.9. The molecule has 0 spiro atoms. The first-order valence-electron chi connectivity index (χ1n) is 7.14. The monoisotopic (exact) mass is 274 g/mol. The predicted molar refractivity (Wildman–Crippen MR) is 79.7 cm³/mol. The third-order valence-corrected chi connectivity index (χ3v) is 3.76. The van der Waals surface area contributed by atoms with E-state index in [0.717, 1.165) is 17.7 Å². The van der Waals surface area contributed by atoms with Crippen molar-refractivity contribution in [1.29, 1.82) is 0 Å². The van der Waals surface area contributed by atoms with Crippen LogP contribution >= 0.6 is 0 Å². The summed E-state index contributed by atoms with van der Waals surface area (Å²) < 4.78 is 0. The average Bonchev–Trinajstić information content (AvgIpc) is 2.42. The maximum atomic E-state index is 12.3. The van der Waals surface area contributed by atoms with Gasteiger partial charge in [0, 0.05) is 25.7 Å². The molecular weight excluding hydrogens is 252 g/mol. The summed E-state index contributed by atoms with van der Waals surface area (Å²) in [7, 11) is 1.76. The van der Waals surface area contributed by atoms with Gasteiger partial charge in [-0.15, -0.1) is 0 Å². The lowest BCUT2D eigenvalue weighted by Crippen LogP contribution is -2.39. The number of carbonyl (C=O) groups excluding carboxylic acids is 2. The fourth-order valence-electron chi connectivity index (χ4n) is 2.48.